The van der Waals surface area contributed by atoms with Gasteiger partial charge in [0, 0.05) is 24.8 Å². The smallest absolute Gasteiger partial charge is 0.255 e. The summed E-state index contributed by atoms with van der Waals surface area (Å²) in [6.45, 7) is 0.298. The second-order valence-electron chi connectivity index (χ2n) is 4.40. The van der Waals surface area contributed by atoms with Crippen molar-refractivity contribution >= 4 is 5.91 Å². The van der Waals surface area contributed by atoms with Crippen LogP contribution in [-0.2, 0) is 0 Å². The maximum Gasteiger partial charge on any atom is 0.255 e. The van der Waals surface area contributed by atoms with Crippen LogP contribution in [0.2, 0.25) is 0 Å². The van der Waals surface area contributed by atoms with Crippen molar-refractivity contribution in [3.8, 4) is 17.6 Å². The number of aliphatic hydroxyl groups excluding tert-OH is 1. The predicted octanol–water partition coefficient (Wildman–Crippen LogP) is 1.11. The minimum Gasteiger partial charge on any atom is -0.497 e. The van der Waals surface area contributed by atoms with Gasteiger partial charge in [-0.1, -0.05) is 0 Å². The van der Waals surface area contributed by atoms with E-state index in [2.05, 4.69) is 6.07 Å². The normalized spacial score (nSPS) is 16.8. The van der Waals surface area contributed by atoms with E-state index in [4.69, 9.17) is 14.6 Å². The number of nitrogens with zero attached hydrogens (tertiary/aromatic N) is 2. The Balaban J connectivity index is 2.50. The molecule has 1 aliphatic heterocycles. The molecule has 1 N–H and O–H groups in total. The van der Waals surface area contributed by atoms with Gasteiger partial charge in [-0.3, -0.25) is 4.79 Å². The van der Waals surface area contributed by atoms with Gasteiger partial charge in [-0.05, 0) is 12.5 Å². The highest BCUT2D eigenvalue weighted by Gasteiger charge is 2.39. The molecular formula is C14H16N2O4. The minimum absolute atomic E-state index is 0.0290. The number of hydrogen-bond donors (Lipinski definition) is 1. The number of rotatable bonds is 5. The number of hydrogen-bond acceptors (Lipinski definition) is 5. The van der Waals surface area contributed by atoms with Gasteiger partial charge in [0.15, 0.2) is 0 Å². The lowest BCUT2D eigenvalue weighted by molar-refractivity contribution is 0.0746. The Bertz CT molecular complexity index is 565. The van der Waals surface area contributed by atoms with E-state index in [1.54, 1.807) is 12.1 Å². The van der Waals surface area contributed by atoms with Crippen molar-refractivity contribution in [1.82, 2.24) is 4.90 Å². The number of methoxy groups -OCH3 is 2. The molecule has 0 aromatic heterocycles. The Morgan fingerprint density at radius 2 is 2.15 bits per heavy atom. The van der Waals surface area contributed by atoms with Crippen molar-refractivity contribution in [2.24, 2.45) is 0 Å². The molecule has 0 saturated heterocycles. The van der Waals surface area contributed by atoms with E-state index in [0.29, 0.717) is 35.6 Å². The van der Waals surface area contributed by atoms with Crippen LogP contribution in [0.1, 0.15) is 28.4 Å². The number of benzene rings is 1. The van der Waals surface area contributed by atoms with Crippen molar-refractivity contribution in [1.29, 1.82) is 5.26 Å². The fraction of sp³-hybridized carbons (Fsp3) is 0.429. The van der Waals surface area contributed by atoms with E-state index in [9.17, 15) is 10.1 Å². The third-order valence-corrected chi connectivity index (χ3v) is 3.33. The second-order valence-corrected chi connectivity index (χ2v) is 4.40. The van der Waals surface area contributed by atoms with Gasteiger partial charge in [0.2, 0.25) is 0 Å². The van der Waals surface area contributed by atoms with Crippen molar-refractivity contribution in [2.45, 2.75) is 12.5 Å². The van der Waals surface area contributed by atoms with Gasteiger partial charge in [0.25, 0.3) is 5.91 Å². The van der Waals surface area contributed by atoms with Crippen LogP contribution >= 0.6 is 0 Å². The molecule has 1 atom stereocenters. The number of ether oxygens (including phenoxy) is 2. The Morgan fingerprint density at radius 3 is 2.70 bits per heavy atom. The summed E-state index contributed by atoms with van der Waals surface area (Å²) < 4.78 is 10.4. The predicted molar refractivity (Wildman–Crippen MR) is 70.6 cm³/mol. The maximum atomic E-state index is 12.4. The summed E-state index contributed by atoms with van der Waals surface area (Å²) in [7, 11) is 3.00. The van der Waals surface area contributed by atoms with Crippen molar-refractivity contribution in [3.63, 3.8) is 0 Å². The number of nitriles is 1. The van der Waals surface area contributed by atoms with Crippen LogP contribution in [-0.4, -0.2) is 43.3 Å². The van der Waals surface area contributed by atoms with Crippen LogP contribution in [0.15, 0.2) is 12.1 Å². The average molecular weight is 276 g/mol. The average Bonchev–Trinajstić information content (AvgIpc) is 2.76. The number of carbonyl (C=O) groups is 1. The molecule has 1 aliphatic rings. The van der Waals surface area contributed by atoms with Gasteiger partial charge in [-0.2, -0.15) is 5.26 Å². The van der Waals surface area contributed by atoms with E-state index >= 15 is 0 Å². The molecule has 1 unspecified atom stereocenters. The fourth-order valence-electron chi connectivity index (χ4n) is 2.38. The molecule has 1 amide bonds. The lowest BCUT2D eigenvalue weighted by Crippen LogP contribution is -2.29. The van der Waals surface area contributed by atoms with Crippen LogP contribution in [0.5, 0.6) is 11.5 Å². The van der Waals surface area contributed by atoms with Crippen LogP contribution in [0.4, 0.5) is 0 Å². The Kier molecular flexibility index (Phi) is 4.11. The van der Waals surface area contributed by atoms with Gasteiger partial charge in [0.1, 0.15) is 17.5 Å². The van der Waals surface area contributed by atoms with Crippen LogP contribution in [0, 0.1) is 11.3 Å². The van der Waals surface area contributed by atoms with E-state index < -0.39 is 6.04 Å². The van der Waals surface area contributed by atoms with Crippen LogP contribution in [0.25, 0.3) is 0 Å². The third-order valence-electron chi connectivity index (χ3n) is 3.33. The number of amides is 1. The van der Waals surface area contributed by atoms with Crippen molar-refractivity contribution < 1.29 is 19.4 Å². The zero-order valence-electron chi connectivity index (χ0n) is 11.4. The monoisotopic (exact) mass is 276 g/mol. The molecule has 1 aromatic rings. The number of carbonyl (C=O) groups excluding carboxylic acids is 1. The molecule has 2 rings (SSSR count). The molecule has 0 radical (unpaired) electrons. The molecule has 20 heavy (non-hydrogen) atoms. The molecule has 0 spiro atoms. The molecule has 1 heterocycles. The first-order valence-electron chi connectivity index (χ1n) is 6.25. The second kappa shape index (κ2) is 5.80. The van der Waals surface area contributed by atoms with E-state index in [0.717, 1.165) is 0 Å². The van der Waals surface area contributed by atoms with E-state index in [1.165, 1.54) is 19.1 Å². The summed E-state index contributed by atoms with van der Waals surface area (Å²) in [5, 5.41) is 18.3. The molecule has 0 saturated carbocycles. The SMILES string of the molecule is COc1cc(OC)c2c(c1)C(=O)N(CCCO)C2C#N. The third kappa shape index (κ3) is 2.17. The summed E-state index contributed by atoms with van der Waals surface area (Å²) in [4.78, 5) is 13.8. The topological polar surface area (TPSA) is 82.8 Å². The molecule has 0 bridgehead atoms. The quantitative estimate of drug-likeness (QED) is 0.871. The highest BCUT2D eigenvalue weighted by molar-refractivity contribution is 6.01. The van der Waals surface area contributed by atoms with E-state index in [1.807, 2.05) is 0 Å². The van der Waals surface area contributed by atoms with Crippen LogP contribution < -0.4 is 9.47 Å². The molecule has 0 aliphatic carbocycles. The first kappa shape index (κ1) is 14.2. The summed E-state index contributed by atoms with van der Waals surface area (Å²) in [5.41, 5.74) is 0.990. The van der Waals surface area contributed by atoms with Gasteiger partial charge in [0.05, 0.1) is 25.9 Å². The molecule has 6 heteroatoms. The Hall–Kier alpha value is -2.26. The van der Waals surface area contributed by atoms with Crippen LogP contribution in [0.3, 0.4) is 0 Å². The number of aliphatic hydroxyl groups is 1. The lowest BCUT2D eigenvalue weighted by Gasteiger charge is -2.19. The lowest BCUT2D eigenvalue weighted by atomic mass is 10.0. The van der Waals surface area contributed by atoms with Gasteiger partial charge in [-0.15, -0.1) is 0 Å². The highest BCUT2D eigenvalue weighted by Crippen LogP contribution is 2.41. The standard InChI is InChI=1S/C14H16N2O4/c1-19-9-6-10-13(12(7-9)20-2)11(8-15)16(14(10)18)4-3-5-17/h6-7,11,17H,3-5H2,1-2H3. The highest BCUT2D eigenvalue weighted by atomic mass is 16.5. The summed E-state index contributed by atoms with van der Waals surface area (Å²) in [6.07, 6.45) is 0.428. The summed E-state index contributed by atoms with van der Waals surface area (Å²) in [6, 6.07) is 4.71. The van der Waals surface area contributed by atoms with Crippen molar-refractivity contribution in [2.75, 3.05) is 27.4 Å². The maximum absolute atomic E-state index is 12.4. The Labute approximate surface area is 117 Å². The van der Waals surface area contributed by atoms with Gasteiger partial charge in [-0.25, -0.2) is 0 Å². The van der Waals surface area contributed by atoms with E-state index in [-0.39, 0.29) is 12.5 Å². The largest absolute Gasteiger partial charge is 0.497 e. The molecule has 1 aromatic carbocycles. The fourth-order valence-corrected chi connectivity index (χ4v) is 2.38. The first-order chi connectivity index (χ1) is 9.67. The molecule has 106 valence electrons. The summed E-state index contributed by atoms with van der Waals surface area (Å²) >= 11 is 0. The zero-order valence-corrected chi connectivity index (χ0v) is 11.4. The Morgan fingerprint density at radius 1 is 1.40 bits per heavy atom. The molecular weight excluding hydrogens is 260 g/mol. The molecule has 6 nitrogen and oxygen atoms in total. The molecule has 0 fully saturated rings. The summed E-state index contributed by atoms with van der Waals surface area (Å²) in [5.74, 6) is 0.734. The first-order valence-corrected chi connectivity index (χ1v) is 6.25. The van der Waals surface area contributed by atoms with Gasteiger partial charge >= 0.3 is 0 Å². The number of fused-ring (bicyclic) bond motifs is 1. The van der Waals surface area contributed by atoms with Gasteiger partial charge < -0.3 is 19.5 Å². The minimum atomic E-state index is -0.690. The zero-order chi connectivity index (χ0) is 14.7. The van der Waals surface area contributed by atoms with Crippen molar-refractivity contribution in [3.05, 3.63) is 23.3 Å².